The lowest BCUT2D eigenvalue weighted by Gasteiger charge is -2.23. The van der Waals surface area contributed by atoms with Gasteiger partial charge in [-0.3, -0.25) is 4.79 Å². The maximum atomic E-state index is 10.2. The zero-order valence-corrected chi connectivity index (χ0v) is 7.82. The molecule has 0 amide bonds. The van der Waals surface area contributed by atoms with Crippen molar-refractivity contribution in [1.82, 2.24) is 0 Å². The van der Waals surface area contributed by atoms with Crippen LogP contribution in [0, 0.1) is 0 Å². The average Bonchev–Trinajstić information content (AvgIpc) is 1.60. The summed E-state index contributed by atoms with van der Waals surface area (Å²) in [6.07, 6.45) is 0.0552. The molecule has 10 heavy (non-hydrogen) atoms. The van der Waals surface area contributed by atoms with Gasteiger partial charge in [0.2, 0.25) is 0 Å². The molecule has 0 aliphatic carbocycles. The number of hydrogen-bond donors (Lipinski definition) is 3. The molecule has 0 aromatic heterocycles. The highest BCUT2D eigenvalue weighted by Gasteiger charge is 2.23. The van der Waals surface area contributed by atoms with Gasteiger partial charge in [-0.1, -0.05) is 0 Å². The molecule has 1 unspecified atom stereocenters. The van der Waals surface area contributed by atoms with Crippen LogP contribution in [-0.2, 0) is 4.79 Å². The zero-order chi connectivity index (χ0) is 8.36. The summed E-state index contributed by atoms with van der Waals surface area (Å²) >= 11 is 8.28. The van der Waals surface area contributed by atoms with E-state index in [1.807, 2.05) is 13.8 Å². The van der Waals surface area contributed by atoms with E-state index >= 15 is 0 Å². The Hall–Kier alpha value is 0.170. The molecule has 0 aromatic rings. The molecule has 0 radical (unpaired) electrons. The molecule has 0 saturated heterocycles. The van der Waals surface area contributed by atoms with Gasteiger partial charge in [-0.15, -0.1) is 0 Å². The Morgan fingerprint density at radius 1 is 1.70 bits per heavy atom. The molecule has 0 saturated carbocycles. The van der Waals surface area contributed by atoms with Crippen LogP contribution in [0.25, 0.3) is 0 Å². The van der Waals surface area contributed by atoms with Crippen molar-refractivity contribution in [2.24, 2.45) is 0 Å². The predicted octanol–water partition coefficient (Wildman–Crippen LogP) is 1.47. The van der Waals surface area contributed by atoms with Crippen molar-refractivity contribution in [3.63, 3.8) is 0 Å². The summed E-state index contributed by atoms with van der Waals surface area (Å²) in [4.78, 5) is 10.2. The molecule has 0 aliphatic rings. The van der Waals surface area contributed by atoms with Gasteiger partial charge in [0.05, 0.1) is 6.42 Å². The third-order valence-electron chi connectivity index (χ3n) is 1.18. The van der Waals surface area contributed by atoms with E-state index < -0.39 is 5.97 Å². The molecule has 0 spiro atoms. The van der Waals surface area contributed by atoms with Crippen LogP contribution in [0.2, 0.25) is 0 Å². The number of hydrogen-bond acceptors (Lipinski definition) is 3. The highest BCUT2D eigenvalue weighted by molar-refractivity contribution is 7.85. The van der Waals surface area contributed by atoms with Crippen LogP contribution in [0.15, 0.2) is 0 Å². The van der Waals surface area contributed by atoms with Crippen molar-refractivity contribution >= 4 is 31.2 Å². The van der Waals surface area contributed by atoms with Gasteiger partial charge in [-0.25, -0.2) is 0 Å². The fraction of sp³-hybridized carbons (Fsp3) is 0.833. The Bertz CT molecular complexity index is 128. The third kappa shape index (κ3) is 4.06. The summed E-state index contributed by atoms with van der Waals surface area (Å²) in [7, 11) is 0. The highest BCUT2D eigenvalue weighted by Crippen LogP contribution is 2.24. The van der Waals surface area contributed by atoms with Gasteiger partial charge in [0.15, 0.2) is 0 Å². The van der Waals surface area contributed by atoms with E-state index in [1.54, 1.807) is 0 Å². The van der Waals surface area contributed by atoms with Crippen LogP contribution in [0.1, 0.15) is 20.3 Å². The monoisotopic (exact) mass is 180 g/mol. The first-order valence-electron chi connectivity index (χ1n) is 2.96. The number of carbonyl (C=O) groups is 1. The fourth-order valence-corrected chi connectivity index (χ4v) is 0.663. The van der Waals surface area contributed by atoms with Crippen LogP contribution in [0.5, 0.6) is 0 Å². The number of aliphatic carboxylic acids is 1. The number of carboxylic acid groups (broad SMARTS) is 1. The van der Waals surface area contributed by atoms with E-state index in [9.17, 15) is 4.79 Å². The second kappa shape index (κ2) is 3.53. The smallest absolute Gasteiger partial charge is 0.304 e. The van der Waals surface area contributed by atoms with Crippen molar-refractivity contribution in [3.8, 4) is 0 Å². The van der Waals surface area contributed by atoms with Gasteiger partial charge in [0, 0.05) is 10.00 Å². The molecule has 0 rings (SSSR count). The van der Waals surface area contributed by atoms with Crippen molar-refractivity contribution < 1.29 is 9.90 Å². The number of carboxylic acids is 1. The predicted molar refractivity (Wildman–Crippen MR) is 48.1 cm³/mol. The van der Waals surface area contributed by atoms with E-state index in [4.69, 9.17) is 5.11 Å². The lowest BCUT2D eigenvalue weighted by molar-refractivity contribution is -0.137. The minimum atomic E-state index is -0.831. The van der Waals surface area contributed by atoms with Crippen LogP contribution in [-0.4, -0.2) is 21.1 Å². The highest BCUT2D eigenvalue weighted by atomic mass is 32.1. The molecule has 1 N–H and O–H groups in total. The molecule has 2 nitrogen and oxygen atoms in total. The molecule has 60 valence electrons. The standard InChI is InChI=1S/C6H12O2S2/c1-6(2,10)4(9)3-5(7)8/h4,9-10H,3H2,1-2H3,(H,7,8). The summed E-state index contributed by atoms with van der Waals surface area (Å²) in [5, 5.41) is 8.16. The molecule has 0 aromatic carbocycles. The minimum Gasteiger partial charge on any atom is -0.481 e. The van der Waals surface area contributed by atoms with Crippen molar-refractivity contribution in [2.75, 3.05) is 0 Å². The van der Waals surface area contributed by atoms with E-state index in [1.165, 1.54) is 0 Å². The lowest BCUT2D eigenvalue weighted by atomic mass is 10.1. The Balaban J connectivity index is 3.85. The Kier molecular flexibility index (Phi) is 3.59. The minimum absolute atomic E-state index is 0.0552. The van der Waals surface area contributed by atoms with Gasteiger partial charge >= 0.3 is 5.97 Å². The van der Waals surface area contributed by atoms with Crippen molar-refractivity contribution in [3.05, 3.63) is 0 Å². The second-order valence-electron chi connectivity index (χ2n) is 2.77. The maximum Gasteiger partial charge on any atom is 0.304 e. The Morgan fingerprint density at radius 3 is 2.20 bits per heavy atom. The summed E-state index contributed by atoms with van der Waals surface area (Å²) in [6.45, 7) is 3.69. The van der Waals surface area contributed by atoms with Gasteiger partial charge < -0.3 is 5.11 Å². The third-order valence-corrected chi connectivity index (χ3v) is 2.53. The summed E-state index contributed by atoms with van der Waals surface area (Å²) in [5.41, 5.74) is 0. The first-order chi connectivity index (χ1) is 4.34. The quantitative estimate of drug-likeness (QED) is 0.575. The van der Waals surface area contributed by atoms with E-state index in [2.05, 4.69) is 25.3 Å². The van der Waals surface area contributed by atoms with Crippen molar-refractivity contribution in [2.45, 2.75) is 30.3 Å². The molecular weight excluding hydrogens is 168 g/mol. The second-order valence-corrected chi connectivity index (χ2v) is 4.54. The van der Waals surface area contributed by atoms with Gasteiger partial charge in [0.1, 0.15) is 0 Å². The molecule has 0 fully saturated rings. The molecule has 4 heteroatoms. The van der Waals surface area contributed by atoms with Crippen molar-refractivity contribution in [1.29, 1.82) is 0 Å². The topological polar surface area (TPSA) is 37.3 Å². The first-order valence-corrected chi connectivity index (χ1v) is 3.92. The number of thiol groups is 2. The zero-order valence-electron chi connectivity index (χ0n) is 6.03. The largest absolute Gasteiger partial charge is 0.481 e. The molecule has 0 bridgehead atoms. The summed E-state index contributed by atoms with van der Waals surface area (Å²) < 4.78 is -0.332. The number of rotatable bonds is 3. The Labute approximate surface area is 71.8 Å². The van der Waals surface area contributed by atoms with E-state index in [0.717, 1.165) is 0 Å². The fourth-order valence-electron chi connectivity index (χ4n) is 0.415. The van der Waals surface area contributed by atoms with E-state index in [-0.39, 0.29) is 16.4 Å². The SMILES string of the molecule is CC(C)(S)C(S)CC(=O)O. The normalized spacial score (nSPS) is 14.8. The van der Waals surface area contributed by atoms with Crippen LogP contribution < -0.4 is 0 Å². The molecule has 0 aliphatic heterocycles. The average molecular weight is 180 g/mol. The first kappa shape index (κ1) is 10.2. The summed E-state index contributed by atoms with van der Waals surface area (Å²) in [6, 6.07) is 0. The lowest BCUT2D eigenvalue weighted by Crippen LogP contribution is -2.27. The van der Waals surface area contributed by atoms with Gasteiger partial charge in [0.25, 0.3) is 0 Å². The molecule has 1 atom stereocenters. The van der Waals surface area contributed by atoms with Gasteiger partial charge in [-0.2, -0.15) is 25.3 Å². The van der Waals surface area contributed by atoms with Crippen LogP contribution in [0.4, 0.5) is 0 Å². The Morgan fingerprint density at radius 2 is 2.10 bits per heavy atom. The van der Waals surface area contributed by atoms with Gasteiger partial charge in [-0.05, 0) is 13.8 Å². The van der Waals surface area contributed by atoms with Crippen LogP contribution >= 0.6 is 25.3 Å². The molecule has 0 heterocycles. The molecular formula is C6H12O2S2. The summed E-state index contributed by atoms with van der Waals surface area (Å²) in [5.74, 6) is -0.831. The van der Waals surface area contributed by atoms with E-state index in [0.29, 0.717) is 0 Å². The van der Waals surface area contributed by atoms with Crippen LogP contribution in [0.3, 0.4) is 0 Å². The maximum absolute atomic E-state index is 10.2.